The lowest BCUT2D eigenvalue weighted by atomic mass is 10.1. The van der Waals surface area contributed by atoms with Gasteiger partial charge in [-0.2, -0.15) is 5.10 Å². The molecule has 1 aliphatic carbocycles. The summed E-state index contributed by atoms with van der Waals surface area (Å²) in [6.45, 7) is 0.371. The van der Waals surface area contributed by atoms with Crippen molar-refractivity contribution in [1.82, 2.24) is 24.9 Å². The van der Waals surface area contributed by atoms with E-state index in [9.17, 15) is 9.59 Å². The number of ketones is 1. The molecule has 5 rings (SSSR count). The van der Waals surface area contributed by atoms with Crippen LogP contribution >= 0.6 is 23.2 Å². The molecule has 4 aromatic rings. The summed E-state index contributed by atoms with van der Waals surface area (Å²) >= 11 is 12.3. The van der Waals surface area contributed by atoms with Crippen molar-refractivity contribution in [3.8, 4) is 5.75 Å². The Morgan fingerprint density at radius 3 is 2.42 bits per heavy atom. The molecule has 0 bridgehead atoms. The van der Waals surface area contributed by atoms with Gasteiger partial charge in [0.05, 0.1) is 17.2 Å². The van der Waals surface area contributed by atoms with E-state index in [2.05, 4.69) is 20.4 Å². The van der Waals surface area contributed by atoms with Crippen LogP contribution in [0.25, 0.3) is 5.65 Å². The lowest BCUT2D eigenvalue weighted by Crippen LogP contribution is -2.19. The smallest absolute Gasteiger partial charge is 0.404 e. The molecular formula is C25H23Cl2N5O4. The molecule has 9 nitrogen and oxygen atoms in total. The normalized spacial score (nSPS) is 12.5. The number of halogens is 2. The number of benzene rings is 1. The maximum Gasteiger partial charge on any atom is 0.404 e. The largest absolute Gasteiger partial charge is 0.493 e. The summed E-state index contributed by atoms with van der Waals surface area (Å²) in [6, 6.07) is 12.8. The number of hydrogen-bond acceptors (Lipinski definition) is 6. The second kappa shape index (κ2) is 11.4. The van der Waals surface area contributed by atoms with Crippen LogP contribution in [0, 0.1) is 0 Å². The van der Waals surface area contributed by atoms with E-state index in [1.807, 2.05) is 30.3 Å². The van der Waals surface area contributed by atoms with Crippen LogP contribution in [-0.2, 0) is 13.0 Å². The van der Waals surface area contributed by atoms with E-state index in [4.69, 9.17) is 33.0 Å². The predicted molar refractivity (Wildman–Crippen MR) is 135 cm³/mol. The Morgan fingerprint density at radius 2 is 1.81 bits per heavy atom. The number of carboxylic acid groups (broad SMARTS) is 1. The number of nitrogens with zero attached hydrogens (tertiary/aromatic N) is 4. The average Bonchev–Trinajstić information content (AvgIpc) is 3.63. The molecule has 1 aliphatic rings. The van der Waals surface area contributed by atoms with Crippen LogP contribution in [0.4, 0.5) is 4.79 Å². The van der Waals surface area contributed by atoms with Gasteiger partial charge in [0.1, 0.15) is 5.69 Å². The Labute approximate surface area is 217 Å². The topological polar surface area (TPSA) is 119 Å². The molecule has 0 aliphatic heterocycles. The summed E-state index contributed by atoms with van der Waals surface area (Å²) in [5, 5.41) is 15.8. The highest BCUT2D eigenvalue weighted by molar-refractivity contribution is 6.36. The van der Waals surface area contributed by atoms with Gasteiger partial charge >= 0.3 is 6.09 Å². The zero-order valence-electron chi connectivity index (χ0n) is 19.3. The molecular weight excluding hydrogens is 505 g/mol. The zero-order chi connectivity index (χ0) is 25.7. The molecule has 3 heterocycles. The number of fused-ring (bicyclic) bond motifs is 1. The first-order valence-corrected chi connectivity index (χ1v) is 11.9. The van der Waals surface area contributed by atoms with Crippen LogP contribution < -0.4 is 10.1 Å². The molecule has 186 valence electrons. The Hall–Kier alpha value is -3.69. The number of ether oxygens (including phenoxy) is 1. The highest BCUT2D eigenvalue weighted by atomic mass is 35.5. The predicted octanol–water partition coefficient (Wildman–Crippen LogP) is 5.20. The number of carbonyl (C=O) groups is 2. The third kappa shape index (κ3) is 6.10. The quantitative estimate of drug-likeness (QED) is 0.317. The number of pyridine rings is 2. The Balaban J connectivity index is 0.000000233. The molecule has 0 saturated heterocycles. The molecule has 0 unspecified atom stereocenters. The molecule has 1 amide bonds. The Kier molecular flexibility index (Phi) is 8.02. The molecule has 0 spiro atoms. The summed E-state index contributed by atoms with van der Waals surface area (Å²) < 4.78 is 6.90. The van der Waals surface area contributed by atoms with Gasteiger partial charge in [-0.15, -0.1) is 0 Å². The lowest BCUT2D eigenvalue weighted by molar-refractivity contribution is 0.0985. The minimum atomic E-state index is -0.992. The molecule has 3 aromatic heterocycles. The first-order chi connectivity index (χ1) is 17.4. The fourth-order valence-corrected chi connectivity index (χ4v) is 3.97. The number of Topliss-reactive ketones (excluding diaryl/α,β-unsaturated/α-hetero) is 1. The molecule has 1 aromatic carbocycles. The summed E-state index contributed by atoms with van der Waals surface area (Å²) in [7, 11) is 1.57. The van der Waals surface area contributed by atoms with E-state index in [0.29, 0.717) is 45.2 Å². The number of hydrogen-bond donors (Lipinski definition) is 2. The number of methoxy groups -OCH3 is 1. The lowest BCUT2D eigenvalue weighted by Gasteiger charge is -2.08. The van der Waals surface area contributed by atoms with E-state index in [0.717, 1.165) is 24.2 Å². The third-order valence-electron chi connectivity index (χ3n) is 5.49. The number of nitrogens with one attached hydrogen (secondary N) is 1. The van der Waals surface area contributed by atoms with Gasteiger partial charge in [-0.05, 0) is 30.5 Å². The highest BCUT2D eigenvalue weighted by Gasteiger charge is 2.29. The standard InChI is InChI=1S/C17H14Cl2N4O2.C8H9NO2/c1-25-15-5-4-13(23-17(15)21-16(22-23)9-2-3-9)14(24)6-10-11(18)7-20-8-12(10)19;10-8(11)9-6-7-4-2-1-3-5-7/h4-5,7-9H,2-3,6H2,1H3;1-5,9H,6H2,(H,10,11). The second-order valence-electron chi connectivity index (χ2n) is 8.09. The van der Waals surface area contributed by atoms with Crippen molar-refractivity contribution in [2.45, 2.75) is 31.7 Å². The molecule has 0 radical (unpaired) electrons. The molecule has 11 heteroatoms. The summed E-state index contributed by atoms with van der Waals surface area (Å²) in [5.41, 5.74) is 2.48. The van der Waals surface area contributed by atoms with E-state index in [1.54, 1.807) is 23.8 Å². The van der Waals surface area contributed by atoms with Crippen molar-refractivity contribution in [2.75, 3.05) is 7.11 Å². The monoisotopic (exact) mass is 527 g/mol. The first kappa shape index (κ1) is 25.4. The van der Waals surface area contributed by atoms with Crippen molar-refractivity contribution < 1.29 is 19.4 Å². The van der Waals surface area contributed by atoms with Gasteiger partial charge in [0.15, 0.2) is 23.0 Å². The first-order valence-electron chi connectivity index (χ1n) is 11.1. The Bertz CT molecular complexity index is 1370. The van der Waals surface area contributed by atoms with Gasteiger partial charge in [-0.25, -0.2) is 14.3 Å². The average molecular weight is 528 g/mol. The van der Waals surface area contributed by atoms with Gasteiger partial charge in [0.2, 0.25) is 0 Å². The van der Waals surface area contributed by atoms with Crippen LogP contribution in [0.2, 0.25) is 10.0 Å². The number of carbonyl (C=O) groups excluding carboxylic acids is 1. The fraction of sp³-hybridized carbons (Fsp3) is 0.240. The van der Waals surface area contributed by atoms with E-state index >= 15 is 0 Å². The molecule has 1 fully saturated rings. The van der Waals surface area contributed by atoms with Crippen LogP contribution in [0.15, 0.2) is 54.9 Å². The van der Waals surface area contributed by atoms with Crippen molar-refractivity contribution in [3.05, 3.63) is 87.5 Å². The second-order valence-corrected chi connectivity index (χ2v) is 8.91. The summed E-state index contributed by atoms with van der Waals surface area (Å²) in [5.74, 6) is 1.54. The number of aromatic nitrogens is 4. The van der Waals surface area contributed by atoms with E-state index < -0.39 is 6.09 Å². The highest BCUT2D eigenvalue weighted by Crippen LogP contribution is 2.39. The van der Waals surface area contributed by atoms with Gasteiger partial charge < -0.3 is 15.2 Å². The molecule has 36 heavy (non-hydrogen) atoms. The number of rotatable bonds is 7. The van der Waals surface area contributed by atoms with Crippen LogP contribution in [-0.4, -0.2) is 43.7 Å². The van der Waals surface area contributed by atoms with Crippen molar-refractivity contribution >= 4 is 40.7 Å². The van der Waals surface area contributed by atoms with Crippen LogP contribution in [0.1, 0.15) is 46.2 Å². The Morgan fingerprint density at radius 1 is 1.11 bits per heavy atom. The van der Waals surface area contributed by atoms with Gasteiger partial charge in [-0.1, -0.05) is 53.5 Å². The fourth-order valence-electron chi connectivity index (χ4n) is 3.47. The molecule has 2 N–H and O–H groups in total. The van der Waals surface area contributed by atoms with Crippen LogP contribution in [0.3, 0.4) is 0 Å². The van der Waals surface area contributed by atoms with Gasteiger partial charge in [-0.3, -0.25) is 9.78 Å². The minimum Gasteiger partial charge on any atom is -0.493 e. The number of amides is 1. The van der Waals surface area contributed by atoms with Crippen molar-refractivity contribution in [3.63, 3.8) is 0 Å². The van der Waals surface area contributed by atoms with E-state index in [-0.39, 0.29) is 12.2 Å². The maximum absolute atomic E-state index is 12.9. The van der Waals surface area contributed by atoms with Crippen molar-refractivity contribution in [2.24, 2.45) is 0 Å². The molecule has 1 saturated carbocycles. The van der Waals surface area contributed by atoms with Gasteiger partial charge in [0, 0.05) is 36.8 Å². The summed E-state index contributed by atoms with van der Waals surface area (Å²) in [6.07, 6.45) is 4.16. The third-order valence-corrected chi connectivity index (χ3v) is 6.14. The van der Waals surface area contributed by atoms with Gasteiger partial charge in [0.25, 0.3) is 0 Å². The SMILES string of the molecule is COc1ccc(C(=O)Cc2c(Cl)cncc2Cl)n2nc(C3CC3)nc12.O=C(O)NCc1ccccc1. The van der Waals surface area contributed by atoms with Crippen molar-refractivity contribution in [1.29, 1.82) is 0 Å². The zero-order valence-corrected chi connectivity index (χ0v) is 20.8. The minimum absolute atomic E-state index is 0.0558. The van der Waals surface area contributed by atoms with E-state index in [1.165, 1.54) is 12.4 Å². The maximum atomic E-state index is 12.9. The molecule has 0 atom stereocenters. The summed E-state index contributed by atoms with van der Waals surface area (Å²) in [4.78, 5) is 31.4. The van der Waals surface area contributed by atoms with Crippen LogP contribution in [0.5, 0.6) is 5.75 Å².